The van der Waals surface area contributed by atoms with E-state index in [9.17, 15) is 14.9 Å². The van der Waals surface area contributed by atoms with Crippen LogP contribution in [0.4, 0.5) is 5.69 Å². The van der Waals surface area contributed by atoms with Crippen molar-refractivity contribution in [3.05, 3.63) is 57.6 Å². The lowest BCUT2D eigenvalue weighted by molar-refractivity contribution is -0.384. The van der Waals surface area contributed by atoms with Crippen LogP contribution in [0.2, 0.25) is 0 Å². The van der Waals surface area contributed by atoms with Crippen LogP contribution in [0.15, 0.2) is 41.4 Å². The van der Waals surface area contributed by atoms with Crippen LogP contribution in [0, 0.1) is 10.1 Å². The zero-order valence-electron chi connectivity index (χ0n) is 16.1. The Morgan fingerprint density at radius 3 is 2.10 bits per heavy atom. The number of aliphatic imine (C=N–C) groups is 1. The van der Waals surface area contributed by atoms with Crippen molar-refractivity contribution in [1.82, 2.24) is 5.32 Å². The van der Waals surface area contributed by atoms with Crippen LogP contribution >= 0.6 is 0 Å². The van der Waals surface area contributed by atoms with Crippen molar-refractivity contribution in [3.63, 3.8) is 0 Å². The maximum Gasteiger partial charge on any atom is 0.269 e. The van der Waals surface area contributed by atoms with Gasteiger partial charge in [0.25, 0.3) is 11.6 Å². The second-order valence-corrected chi connectivity index (χ2v) is 6.33. The first-order valence-corrected chi connectivity index (χ1v) is 8.55. The molecule has 1 unspecified atom stereocenters. The van der Waals surface area contributed by atoms with Crippen molar-refractivity contribution in [3.8, 4) is 17.2 Å². The predicted octanol–water partition coefficient (Wildman–Crippen LogP) is 1.50. The number of nitrogens with two attached hydrogens (primary N) is 1. The Kier molecular flexibility index (Phi) is 5.26. The molecule has 1 aliphatic heterocycles. The second kappa shape index (κ2) is 7.66. The molecule has 0 aliphatic carbocycles. The number of carbonyl (C=O) groups is 1. The first kappa shape index (κ1) is 19.9. The molecule has 0 saturated carbocycles. The number of amides is 1. The van der Waals surface area contributed by atoms with Gasteiger partial charge in [0.05, 0.1) is 26.3 Å². The molecule has 0 radical (unpaired) electrons. The van der Waals surface area contributed by atoms with Gasteiger partial charge < -0.3 is 19.9 Å². The molecule has 0 bridgehead atoms. The van der Waals surface area contributed by atoms with Crippen molar-refractivity contribution < 1.29 is 23.9 Å². The number of benzene rings is 2. The van der Waals surface area contributed by atoms with Crippen molar-refractivity contribution in [2.24, 2.45) is 10.7 Å². The maximum absolute atomic E-state index is 12.8. The third-order valence-electron chi connectivity index (χ3n) is 4.67. The van der Waals surface area contributed by atoms with E-state index in [1.807, 2.05) is 0 Å². The first-order valence-electron chi connectivity index (χ1n) is 8.55. The lowest BCUT2D eigenvalue weighted by Crippen LogP contribution is -2.40. The number of nitrogens with one attached hydrogen (secondary N) is 1. The minimum atomic E-state index is -1.39. The Bertz CT molecular complexity index is 964. The van der Waals surface area contributed by atoms with E-state index in [-0.39, 0.29) is 18.1 Å². The highest BCUT2D eigenvalue weighted by Gasteiger charge is 2.45. The summed E-state index contributed by atoms with van der Waals surface area (Å²) < 4.78 is 16.1. The number of ether oxygens (including phenoxy) is 3. The average molecular weight is 400 g/mol. The first-order chi connectivity index (χ1) is 13.8. The van der Waals surface area contributed by atoms with E-state index in [4.69, 9.17) is 19.9 Å². The molecule has 10 nitrogen and oxygen atoms in total. The van der Waals surface area contributed by atoms with Crippen molar-refractivity contribution in [2.75, 3.05) is 21.3 Å². The predicted molar refractivity (Wildman–Crippen MR) is 104 cm³/mol. The molecular weight excluding hydrogens is 380 g/mol. The normalized spacial score (nSPS) is 18.0. The summed E-state index contributed by atoms with van der Waals surface area (Å²) in [4.78, 5) is 27.6. The fourth-order valence-electron chi connectivity index (χ4n) is 3.31. The van der Waals surface area contributed by atoms with Crippen LogP contribution in [0.25, 0.3) is 0 Å². The fraction of sp³-hybridized carbons (Fsp3) is 0.263. The molecule has 1 atom stereocenters. The van der Waals surface area contributed by atoms with E-state index in [2.05, 4.69) is 10.3 Å². The van der Waals surface area contributed by atoms with Gasteiger partial charge in [-0.2, -0.15) is 0 Å². The molecule has 3 rings (SSSR count). The Balaban J connectivity index is 2.11. The van der Waals surface area contributed by atoms with Gasteiger partial charge in [-0.3, -0.25) is 20.2 Å². The Hall–Kier alpha value is -3.82. The lowest BCUT2D eigenvalue weighted by Gasteiger charge is -2.25. The minimum absolute atomic E-state index is 0.0270. The number of hydrogen-bond acceptors (Lipinski definition) is 8. The highest BCUT2D eigenvalue weighted by atomic mass is 16.6. The van der Waals surface area contributed by atoms with Crippen LogP contribution in [0.5, 0.6) is 17.2 Å². The van der Waals surface area contributed by atoms with Gasteiger partial charge in [0, 0.05) is 18.6 Å². The smallest absolute Gasteiger partial charge is 0.269 e. The topological polar surface area (TPSA) is 138 Å². The van der Waals surface area contributed by atoms with Crippen LogP contribution in [-0.4, -0.2) is 38.1 Å². The molecule has 3 N–H and O–H groups in total. The Morgan fingerprint density at radius 2 is 1.69 bits per heavy atom. The van der Waals surface area contributed by atoms with Crippen LogP contribution in [0.1, 0.15) is 11.1 Å². The van der Waals surface area contributed by atoms with E-state index in [0.717, 1.165) is 0 Å². The van der Waals surface area contributed by atoms with Gasteiger partial charge in [-0.1, -0.05) is 0 Å². The van der Waals surface area contributed by atoms with Gasteiger partial charge in [0.1, 0.15) is 0 Å². The number of carbonyl (C=O) groups excluding carboxylic acids is 1. The van der Waals surface area contributed by atoms with E-state index in [1.54, 1.807) is 12.1 Å². The standard InChI is InChI=1S/C19H20N4O6/c1-27-14-8-11(9-15(28-2)16(14)29-3)10-19(17(24)21-18(20)22-19)12-4-6-13(7-5-12)23(25)26/h4-9H,10H2,1-3H3,(H3,20,21,22,24). The van der Waals surface area contributed by atoms with Gasteiger partial charge in [-0.15, -0.1) is 0 Å². The zero-order chi connectivity index (χ0) is 21.2. The quantitative estimate of drug-likeness (QED) is 0.530. The molecule has 2 aromatic carbocycles. The lowest BCUT2D eigenvalue weighted by atomic mass is 9.83. The summed E-state index contributed by atoms with van der Waals surface area (Å²) in [6.07, 6.45) is 0.119. The van der Waals surface area contributed by atoms with Crippen molar-refractivity contribution in [2.45, 2.75) is 12.0 Å². The maximum atomic E-state index is 12.8. The number of nitro benzene ring substituents is 1. The Morgan fingerprint density at radius 1 is 1.10 bits per heavy atom. The largest absolute Gasteiger partial charge is 0.493 e. The molecular formula is C19H20N4O6. The van der Waals surface area contributed by atoms with Gasteiger partial charge in [-0.25, -0.2) is 4.99 Å². The molecule has 29 heavy (non-hydrogen) atoms. The van der Waals surface area contributed by atoms with Crippen LogP contribution in [0.3, 0.4) is 0 Å². The molecule has 0 spiro atoms. The molecule has 0 fully saturated rings. The van der Waals surface area contributed by atoms with Gasteiger partial charge >= 0.3 is 0 Å². The molecule has 0 saturated heterocycles. The highest BCUT2D eigenvalue weighted by molar-refractivity contribution is 6.07. The van der Waals surface area contributed by atoms with Crippen molar-refractivity contribution in [1.29, 1.82) is 0 Å². The monoisotopic (exact) mass is 400 g/mol. The SMILES string of the molecule is COc1cc(CC2(c3ccc([N+](=O)[O-])cc3)N=C(N)NC2=O)cc(OC)c1OC. The summed E-state index contributed by atoms with van der Waals surface area (Å²) in [6, 6.07) is 9.07. The summed E-state index contributed by atoms with van der Waals surface area (Å²) in [6.45, 7) is 0. The zero-order valence-corrected chi connectivity index (χ0v) is 16.1. The number of methoxy groups -OCH3 is 3. The van der Waals surface area contributed by atoms with E-state index >= 15 is 0 Å². The van der Waals surface area contributed by atoms with Gasteiger partial charge in [-0.05, 0) is 35.4 Å². The molecule has 2 aromatic rings. The third-order valence-corrected chi connectivity index (χ3v) is 4.67. The molecule has 1 amide bonds. The number of non-ortho nitro benzene ring substituents is 1. The summed E-state index contributed by atoms with van der Waals surface area (Å²) in [7, 11) is 4.48. The molecule has 0 aromatic heterocycles. The van der Waals surface area contributed by atoms with Crippen molar-refractivity contribution >= 4 is 17.6 Å². The Labute approximate surface area is 166 Å². The number of guanidine groups is 1. The highest BCUT2D eigenvalue weighted by Crippen LogP contribution is 2.41. The van der Waals surface area contributed by atoms with E-state index in [1.165, 1.54) is 45.6 Å². The number of rotatable bonds is 7. The number of nitro groups is 1. The average Bonchev–Trinajstić information content (AvgIpc) is 3.00. The molecule has 152 valence electrons. The summed E-state index contributed by atoms with van der Waals surface area (Å²) in [5.74, 6) is 0.813. The number of nitrogens with zero attached hydrogens (tertiary/aromatic N) is 2. The van der Waals surface area contributed by atoms with Gasteiger partial charge in [0.15, 0.2) is 23.0 Å². The summed E-state index contributed by atoms with van der Waals surface area (Å²) in [5.41, 5.74) is 5.43. The van der Waals surface area contributed by atoms with Gasteiger partial charge in [0.2, 0.25) is 5.75 Å². The molecule has 1 heterocycles. The summed E-state index contributed by atoms with van der Waals surface area (Å²) in [5, 5.41) is 13.5. The number of hydrogen-bond donors (Lipinski definition) is 2. The third kappa shape index (κ3) is 3.51. The van der Waals surface area contributed by atoms with Crippen LogP contribution in [-0.2, 0) is 16.8 Å². The second-order valence-electron chi connectivity index (χ2n) is 6.33. The minimum Gasteiger partial charge on any atom is -0.493 e. The van der Waals surface area contributed by atoms with Crippen LogP contribution < -0.4 is 25.3 Å². The van der Waals surface area contributed by atoms with E-state index < -0.39 is 16.4 Å². The molecule has 1 aliphatic rings. The fourth-order valence-corrected chi connectivity index (χ4v) is 3.31. The molecule has 10 heteroatoms. The summed E-state index contributed by atoms with van der Waals surface area (Å²) >= 11 is 0. The van der Waals surface area contributed by atoms with E-state index in [0.29, 0.717) is 28.4 Å².